The highest BCUT2D eigenvalue weighted by Gasteiger charge is 2.22. The van der Waals surface area contributed by atoms with Gasteiger partial charge in [0.15, 0.2) is 11.5 Å². The van der Waals surface area contributed by atoms with Crippen molar-refractivity contribution in [2.75, 3.05) is 6.54 Å². The number of benzene rings is 1. The third-order valence-corrected chi connectivity index (χ3v) is 4.21. The van der Waals surface area contributed by atoms with Crippen molar-refractivity contribution >= 4 is 0 Å². The van der Waals surface area contributed by atoms with E-state index in [-0.39, 0.29) is 23.0 Å². The Kier molecular flexibility index (Phi) is 4.09. The number of nitrogens with one attached hydrogen (secondary N) is 1. The van der Waals surface area contributed by atoms with Gasteiger partial charge in [0.2, 0.25) is 0 Å². The summed E-state index contributed by atoms with van der Waals surface area (Å²) in [4.78, 5) is 21.8. The van der Waals surface area contributed by atoms with Gasteiger partial charge in [-0.15, -0.1) is 0 Å². The number of rotatable bonds is 3. The standard InChI is InChI=1S/C17H21N3O3/c1-10(2)16-18-13-6-7-20(9-12(13)17(23)19-16)8-11-4-3-5-14(21)15(11)22/h3-5,10,21-22H,6-9H2,1-2H3,(H,18,19,23). The zero-order chi connectivity index (χ0) is 16.6. The third kappa shape index (κ3) is 3.07. The summed E-state index contributed by atoms with van der Waals surface area (Å²) in [5.74, 6) is 0.699. The molecule has 3 N–H and O–H groups in total. The number of nitrogens with zero attached hydrogens (tertiary/aromatic N) is 2. The molecule has 1 aromatic heterocycles. The van der Waals surface area contributed by atoms with E-state index in [0.29, 0.717) is 30.6 Å². The zero-order valence-electron chi connectivity index (χ0n) is 13.3. The number of H-pyrrole nitrogens is 1. The van der Waals surface area contributed by atoms with Crippen molar-refractivity contribution in [3.63, 3.8) is 0 Å². The molecule has 0 fully saturated rings. The fourth-order valence-electron chi connectivity index (χ4n) is 2.85. The molecular weight excluding hydrogens is 294 g/mol. The lowest BCUT2D eigenvalue weighted by molar-refractivity contribution is 0.237. The summed E-state index contributed by atoms with van der Waals surface area (Å²) in [5.41, 5.74) is 2.13. The first-order valence-corrected chi connectivity index (χ1v) is 7.80. The van der Waals surface area contributed by atoms with Gasteiger partial charge in [0.1, 0.15) is 5.82 Å². The van der Waals surface area contributed by atoms with Crippen LogP contribution in [-0.4, -0.2) is 31.6 Å². The predicted molar refractivity (Wildman–Crippen MR) is 86.5 cm³/mol. The van der Waals surface area contributed by atoms with E-state index in [4.69, 9.17) is 0 Å². The van der Waals surface area contributed by atoms with Gasteiger partial charge in [-0.1, -0.05) is 26.0 Å². The van der Waals surface area contributed by atoms with Gasteiger partial charge in [-0.25, -0.2) is 4.98 Å². The van der Waals surface area contributed by atoms with E-state index in [1.807, 2.05) is 13.8 Å². The maximum Gasteiger partial charge on any atom is 0.255 e. The van der Waals surface area contributed by atoms with Crippen LogP contribution in [-0.2, 0) is 19.5 Å². The summed E-state index contributed by atoms with van der Waals surface area (Å²) in [6.45, 7) is 5.74. The lowest BCUT2D eigenvalue weighted by atomic mass is 10.0. The molecule has 3 rings (SSSR count). The minimum Gasteiger partial charge on any atom is -0.504 e. The first-order chi connectivity index (χ1) is 11.0. The molecule has 0 aliphatic carbocycles. The maximum atomic E-state index is 12.3. The van der Waals surface area contributed by atoms with Crippen molar-refractivity contribution in [3.8, 4) is 11.5 Å². The number of para-hydroxylation sites is 1. The van der Waals surface area contributed by atoms with E-state index in [0.717, 1.165) is 18.1 Å². The van der Waals surface area contributed by atoms with E-state index in [1.165, 1.54) is 6.07 Å². The number of fused-ring (bicyclic) bond motifs is 1. The van der Waals surface area contributed by atoms with E-state index in [2.05, 4.69) is 14.9 Å². The molecule has 0 spiro atoms. The van der Waals surface area contributed by atoms with Gasteiger partial charge < -0.3 is 15.2 Å². The van der Waals surface area contributed by atoms with Crippen molar-refractivity contribution in [1.29, 1.82) is 0 Å². The molecule has 1 aromatic carbocycles. The van der Waals surface area contributed by atoms with Gasteiger partial charge >= 0.3 is 0 Å². The summed E-state index contributed by atoms with van der Waals surface area (Å²) in [6, 6.07) is 4.92. The van der Waals surface area contributed by atoms with E-state index >= 15 is 0 Å². The average molecular weight is 315 g/mol. The molecule has 23 heavy (non-hydrogen) atoms. The van der Waals surface area contributed by atoms with Crippen molar-refractivity contribution in [2.45, 2.75) is 39.3 Å². The van der Waals surface area contributed by atoms with Crippen LogP contribution in [0.15, 0.2) is 23.0 Å². The number of aromatic amines is 1. The predicted octanol–water partition coefficient (Wildman–Crippen LogP) is 1.86. The van der Waals surface area contributed by atoms with Crippen LogP contribution in [0.25, 0.3) is 0 Å². The number of hydrogen-bond acceptors (Lipinski definition) is 5. The molecule has 0 radical (unpaired) electrons. The van der Waals surface area contributed by atoms with Crippen LogP contribution in [0.1, 0.15) is 42.4 Å². The Balaban J connectivity index is 1.83. The first-order valence-electron chi connectivity index (χ1n) is 7.80. The van der Waals surface area contributed by atoms with Gasteiger partial charge in [-0.2, -0.15) is 0 Å². The van der Waals surface area contributed by atoms with Crippen LogP contribution in [0.3, 0.4) is 0 Å². The molecule has 0 unspecified atom stereocenters. The SMILES string of the molecule is CC(C)c1nc2c(c(=O)[nH]1)CN(Cc1cccc(O)c1O)CC2. The minimum absolute atomic E-state index is 0.0801. The zero-order valence-corrected chi connectivity index (χ0v) is 13.3. The summed E-state index contributed by atoms with van der Waals surface area (Å²) >= 11 is 0. The van der Waals surface area contributed by atoms with Gasteiger partial charge in [0.25, 0.3) is 5.56 Å². The highest BCUT2D eigenvalue weighted by Crippen LogP contribution is 2.30. The molecule has 0 saturated carbocycles. The Hall–Kier alpha value is -2.34. The second-order valence-corrected chi connectivity index (χ2v) is 6.28. The topological polar surface area (TPSA) is 89.5 Å². The number of hydrogen-bond donors (Lipinski definition) is 3. The molecule has 6 nitrogen and oxygen atoms in total. The monoisotopic (exact) mass is 315 g/mol. The average Bonchev–Trinajstić information content (AvgIpc) is 2.52. The lowest BCUT2D eigenvalue weighted by Gasteiger charge is -2.28. The highest BCUT2D eigenvalue weighted by atomic mass is 16.3. The number of aromatic hydroxyl groups is 2. The summed E-state index contributed by atoms with van der Waals surface area (Å²) in [6.07, 6.45) is 0.707. The Bertz CT molecular complexity index is 783. The fourth-order valence-corrected chi connectivity index (χ4v) is 2.85. The van der Waals surface area contributed by atoms with Gasteiger partial charge in [-0.3, -0.25) is 9.69 Å². The number of phenols is 2. The van der Waals surface area contributed by atoms with Crippen LogP contribution in [0, 0.1) is 0 Å². The quantitative estimate of drug-likeness (QED) is 0.752. The molecule has 6 heteroatoms. The van der Waals surface area contributed by atoms with Crippen molar-refractivity contribution < 1.29 is 10.2 Å². The molecule has 2 aromatic rings. The molecule has 0 bridgehead atoms. The van der Waals surface area contributed by atoms with Crippen LogP contribution in [0.5, 0.6) is 11.5 Å². The smallest absolute Gasteiger partial charge is 0.255 e. The fraction of sp³-hybridized carbons (Fsp3) is 0.412. The molecule has 0 saturated heterocycles. The van der Waals surface area contributed by atoms with E-state index < -0.39 is 0 Å². The lowest BCUT2D eigenvalue weighted by Crippen LogP contribution is -2.36. The summed E-state index contributed by atoms with van der Waals surface area (Å²) in [7, 11) is 0. The second-order valence-electron chi connectivity index (χ2n) is 6.28. The van der Waals surface area contributed by atoms with Crippen molar-refractivity contribution in [1.82, 2.24) is 14.9 Å². The summed E-state index contributed by atoms with van der Waals surface area (Å²) in [5, 5.41) is 19.5. The maximum absolute atomic E-state index is 12.3. The Morgan fingerprint density at radius 3 is 2.87 bits per heavy atom. The minimum atomic E-state index is -0.124. The van der Waals surface area contributed by atoms with Crippen LogP contribution in [0.2, 0.25) is 0 Å². The van der Waals surface area contributed by atoms with E-state index in [9.17, 15) is 15.0 Å². The van der Waals surface area contributed by atoms with Gasteiger partial charge in [0.05, 0.1) is 11.3 Å². The van der Waals surface area contributed by atoms with Crippen molar-refractivity contribution in [2.24, 2.45) is 0 Å². The normalized spacial score (nSPS) is 14.9. The third-order valence-electron chi connectivity index (χ3n) is 4.21. The van der Waals surface area contributed by atoms with E-state index in [1.54, 1.807) is 12.1 Å². The van der Waals surface area contributed by atoms with Crippen LogP contribution in [0.4, 0.5) is 0 Å². The molecular formula is C17H21N3O3. The van der Waals surface area contributed by atoms with Crippen molar-refractivity contribution in [3.05, 3.63) is 51.2 Å². The molecule has 2 heterocycles. The summed E-state index contributed by atoms with van der Waals surface area (Å²) < 4.78 is 0. The molecule has 1 aliphatic rings. The number of aromatic nitrogens is 2. The molecule has 1 aliphatic heterocycles. The highest BCUT2D eigenvalue weighted by molar-refractivity contribution is 5.44. The van der Waals surface area contributed by atoms with Crippen LogP contribution >= 0.6 is 0 Å². The Morgan fingerprint density at radius 1 is 1.35 bits per heavy atom. The van der Waals surface area contributed by atoms with Gasteiger partial charge in [-0.05, 0) is 6.07 Å². The molecule has 0 atom stereocenters. The van der Waals surface area contributed by atoms with Gasteiger partial charge in [0, 0.05) is 37.5 Å². The second kappa shape index (κ2) is 6.04. The van der Waals surface area contributed by atoms with Crippen LogP contribution < -0.4 is 5.56 Å². The Labute approximate surface area is 134 Å². The number of phenolic OH excluding ortho intramolecular Hbond substituents is 2. The molecule has 0 amide bonds. The largest absolute Gasteiger partial charge is 0.504 e. The Morgan fingerprint density at radius 2 is 2.13 bits per heavy atom. The first kappa shape index (κ1) is 15.6. The molecule has 122 valence electrons.